The van der Waals surface area contributed by atoms with Crippen molar-refractivity contribution in [2.45, 2.75) is 18.9 Å². The van der Waals surface area contributed by atoms with Gasteiger partial charge in [-0.2, -0.15) is 5.10 Å². The number of ether oxygens (including phenoxy) is 1. The third-order valence-electron chi connectivity index (χ3n) is 4.67. The molecule has 1 atom stereocenters. The molecule has 2 aromatic carbocycles. The van der Waals surface area contributed by atoms with E-state index in [4.69, 9.17) is 10.5 Å². The second kappa shape index (κ2) is 7.95. The number of nitrogens with one attached hydrogen (secondary N) is 1. The summed E-state index contributed by atoms with van der Waals surface area (Å²) in [6, 6.07) is 18.4. The lowest BCUT2D eigenvalue weighted by atomic mass is 10.0. The minimum absolute atomic E-state index is 0.145. The van der Waals surface area contributed by atoms with Crippen molar-refractivity contribution >= 4 is 5.96 Å². The molecule has 1 aliphatic heterocycles. The van der Waals surface area contributed by atoms with Crippen LogP contribution in [0.1, 0.15) is 23.6 Å². The minimum Gasteiger partial charge on any atom is -0.493 e. The summed E-state index contributed by atoms with van der Waals surface area (Å²) in [7, 11) is 0. The summed E-state index contributed by atoms with van der Waals surface area (Å²) in [5.74, 6) is 1.40. The lowest BCUT2D eigenvalue weighted by Gasteiger charge is -2.26. The van der Waals surface area contributed by atoms with Crippen LogP contribution in [0.25, 0.3) is 5.69 Å². The van der Waals surface area contributed by atoms with Crippen LogP contribution in [0.2, 0.25) is 0 Å². The van der Waals surface area contributed by atoms with Crippen LogP contribution in [0.4, 0.5) is 0 Å². The Morgan fingerprint density at radius 2 is 2.04 bits per heavy atom. The number of hydrogen-bond donors (Lipinski definition) is 2. The van der Waals surface area contributed by atoms with E-state index in [-0.39, 0.29) is 6.04 Å². The number of guanidine groups is 1. The van der Waals surface area contributed by atoms with Gasteiger partial charge in [0.05, 0.1) is 18.3 Å². The van der Waals surface area contributed by atoms with Gasteiger partial charge in [-0.15, -0.1) is 0 Å². The predicted molar refractivity (Wildman–Crippen MR) is 106 cm³/mol. The molecule has 6 nitrogen and oxygen atoms in total. The minimum atomic E-state index is 0.145. The molecule has 0 fully saturated rings. The zero-order chi connectivity index (χ0) is 18.5. The number of para-hydroxylation sites is 1. The fourth-order valence-corrected chi connectivity index (χ4v) is 3.26. The van der Waals surface area contributed by atoms with E-state index in [0.29, 0.717) is 19.1 Å². The van der Waals surface area contributed by atoms with Crippen LogP contribution in [-0.4, -0.2) is 28.9 Å². The summed E-state index contributed by atoms with van der Waals surface area (Å²) in [5.41, 5.74) is 9.50. The van der Waals surface area contributed by atoms with Crippen molar-refractivity contribution in [1.82, 2.24) is 15.1 Å². The molecule has 1 aromatic heterocycles. The standard InChI is InChI=1S/C21H23N5O/c22-21(25-19-11-15-27-20-5-2-1-4-18(19)20)23-13-10-16-6-8-17(9-7-16)26-14-3-12-24-26/h1-9,12,14,19H,10-11,13,15H2,(H3,22,23,25). The monoisotopic (exact) mass is 361 g/mol. The Hall–Kier alpha value is -3.28. The van der Waals surface area contributed by atoms with Crippen molar-refractivity contribution in [2.24, 2.45) is 10.7 Å². The Labute approximate surface area is 158 Å². The lowest BCUT2D eigenvalue weighted by Crippen LogP contribution is -2.37. The number of hydrogen-bond acceptors (Lipinski definition) is 3. The summed E-state index contributed by atoms with van der Waals surface area (Å²) in [5, 5.41) is 7.56. The van der Waals surface area contributed by atoms with E-state index < -0.39 is 0 Å². The van der Waals surface area contributed by atoms with Gasteiger partial charge < -0.3 is 15.8 Å². The van der Waals surface area contributed by atoms with E-state index in [0.717, 1.165) is 29.8 Å². The van der Waals surface area contributed by atoms with E-state index in [1.807, 2.05) is 35.1 Å². The predicted octanol–water partition coefficient (Wildman–Crippen LogP) is 2.84. The van der Waals surface area contributed by atoms with Gasteiger partial charge in [0.25, 0.3) is 0 Å². The highest BCUT2D eigenvalue weighted by Crippen LogP contribution is 2.31. The normalized spacial score (nSPS) is 16.4. The summed E-state index contributed by atoms with van der Waals surface area (Å²) in [6.45, 7) is 1.33. The SMILES string of the molecule is NC(=NCCc1ccc(-n2cccn2)cc1)NC1CCOc2ccccc21. The third-order valence-corrected chi connectivity index (χ3v) is 4.67. The largest absolute Gasteiger partial charge is 0.493 e. The maximum absolute atomic E-state index is 6.10. The van der Waals surface area contributed by atoms with Crippen molar-refractivity contribution < 1.29 is 4.74 Å². The number of aromatic nitrogens is 2. The Morgan fingerprint density at radius 3 is 2.85 bits per heavy atom. The van der Waals surface area contributed by atoms with E-state index in [1.54, 1.807) is 6.20 Å². The van der Waals surface area contributed by atoms with Crippen LogP contribution in [0.3, 0.4) is 0 Å². The molecular weight excluding hydrogens is 338 g/mol. The van der Waals surface area contributed by atoms with Crippen LogP contribution >= 0.6 is 0 Å². The first-order chi connectivity index (χ1) is 13.3. The fraction of sp³-hybridized carbons (Fsp3) is 0.238. The molecule has 1 aliphatic rings. The maximum Gasteiger partial charge on any atom is 0.189 e. The van der Waals surface area contributed by atoms with Gasteiger partial charge in [-0.25, -0.2) is 4.68 Å². The van der Waals surface area contributed by atoms with Gasteiger partial charge in [0, 0.05) is 30.9 Å². The van der Waals surface area contributed by atoms with Crippen LogP contribution in [0.5, 0.6) is 5.75 Å². The van der Waals surface area contributed by atoms with E-state index in [2.05, 4.69) is 45.7 Å². The molecular formula is C21H23N5O. The molecule has 3 N–H and O–H groups in total. The fourth-order valence-electron chi connectivity index (χ4n) is 3.26. The average Bonchev–Trinajstić information content (AvgIpc) is 3.24. The summed E-state index contributed by atoms with van der Waals surface area (Å²) in [4.78, 5) is 4.48. The highest BCUT2D eigenvalue weighted by Gasteiger charge is 2.21. The van der Waals surface area contributed by atoms with Crippen LogP contribution in [-0.2, 0) is 6.42 Å². The lowest BCUT2D eigenvalue weighted by molar-refractivity contribution is 0.262. The summed E-state index contributed by atoms with van der Waals surface area (Å²) < 4.78 is 7.53. The van der Waals surface area contributed by atoms with E-state index in [1.165, 1.54) is 5.56 Å². The van der Waals surface area contributed by atoms with Gasteiger partial charge in [-0.3, -0.25) is 4.99 Å². The Bertz CT molecular complexity index is 903. The van der Waals surface area contributed by atoms with Crippen molar-refractivity contribution in [2.75, 3.05) is 13.2 Å². The Balaban J connectivity index is 1.32. The van der Waals surface area contributed by atoms with Crippen LogP contribution in [0.15, 0.2) is 72.0 Å². The molecule has 138 valence electrons. The maximum atomic E-state index is 6.10. The van der Waals surface area contributed by atoms with Crippen LogP contribution in [0, 0.1) is 0 Å². The van der Waals surface area contributed by atoms with E-state index in [9.17, 15) is 0 Å². The molecule has 0 amide bonds. The Morgan fingerprint density at radius 1 is 1.19 bits per heavy atom. The zero-order valence-corrected chi connectivity index (χ0v) is 15.1. The van der Waals surface area contributed by atoms with Gasteiger partial charge in [-0.1, -0.05) is 30.3 Å². The molecule has 6 heteroatoms. The Kier molecular flexibility index (Phi) is 5.05. The second-order valence-electron chi connectivity index (χ2n) is 6.51. The van der Waals surface area contributed by atoms with Gasteiger partial charge in [0.2, 0.25) is 0 Å². The van der Waals surface area contributed by atoms with Crippen LogP contribution < -0.4 is 15.8 Å². The number of nitrogens with zero attached hydrogens (tertiary/aromatic N) is 3. The quantitative estimate of drug-likeness (QED) is 0.541. The zero-order valence-electron chi connectivity index (χ0n) is 15.1. The first kappa shape index (κ1) is 17.1. The average molecular weight is 361 g/mol. The molecule has 0 aliphatic carbocycles. The van der Waals surface area contributed by atoms with Crippen molar-refractivity contribution in [1.29, 1.82) is 0 Å². The van der Waals surface area contributed by atoms with Gasteiger partial charge in [-0.05, 0) is 36.2 Å². The molecule has 0 radical (unpaired) electrons. The first-order valence-electron chi connectivity index (χ1n) is 9.17. The van der Waals surface area contributed by atoms with Crippen molar-refractivity contribution in [3.63, 3.8) is 0 Å². The number of aliphatic imine (C=N–C) groups is 1. The topological polar surface area (TPSA) is 77.5 Å². The van der Waals surface area contributed by atoms with Crippen molar-refractivity contribution in [3.05, 3.63) is 78.1 Å². The van der Waals surface area contributed by atoms with E-state index >= 15 is 0 Å². The van der Waals surface area contributed by atoms with Gasteiger partial charge in [0.1, 0.15) is 5.75 Å². The molecule has 0 saturated carbocycles. The smallest absolute Gasteiger partial charge is 0.189 e. The number of benzene rings is 2. The number of fused-ring (bicyclic) bond motifs is 1. The summed E-state index contributed by atoms with van der Waals surface area (Å²) >= 11 is 0. The molecule has 1 unspecified atom stereocenters. The highest BCUT2D eigenvalue weighted by molar-refractivity contribution is 5.78. The molecule has 0 bridgehead atoms. The summed E-state index contributed by atoms with van der Waals surface area (Å²) in [6.07, 6.45) is 5.42. The molecule has 2 heterocycles. The van der Waals surface area contributed by atoms with Crippen molar-refractivity contribution in [3.8, 4) is 11.4 Å². The molecule has 4 rings (SSSR count). The van der Waals surface area contributed by atoms with Gasteiger partial charge in [0.15, 0.2) is 5.96 Å². The number of rotatable bonds is 5. The molecule has 3 aromatic rings. The number of nitrogens with two attached hydrogens (primary N) is 1. The molecule has 27 heavy (non-hydrogen) atoms. The molecule has 0 spiro atoms. The highest BCUT2D eigenvalue weighted by atomic mass is 16.5. The second-order valence-corrected chi connectivity index (χ2v) is 6.51. The van der Waals surface area contributed by atoms with Gasteiger partial charge >= 0.3 is 0 Å². The first-order valence-corrected chi connectivity index (χ1v) is 9.17. The molecule has 0 saturated heterocycles. The third kappa shape index (κ3) is 4.11.